The lowest BCUT2D eigenvalue weighted by molar-refractivity contribution is 0.0379. The van der Waals surface area contributed by atoms with Crippen LogP contribution in [-0.2, 0) is 4.74 Å². The number of hydrogen-bond donors (Lipinski definition) is 1. The van der Waals surface area contributed by atoms with Crippen LogP contribution in [0.1, 0.15) is 24.2 Å². The van der Waals surface area contributed by atoms with Crippen LogP contribution in [0.4, 0.5) is 5.69 Å². The molecule has 1 aromatic rings. The van der Waals surface area contributed by atoms with E-state index in [-0.39, 0.29) is 11.7 Å². The number of nitrogen functional groups attached to an aromatic ring is 1. The van der Waals surface area contributed by atoms with Gasteiger partial charge in [0.1, 0.15) is 0 Å². The lowest BCUT2D eigenvalue weighted by atomic mass is 10.1. The largest absolute Gasteiger partial charge is 0.493 e. The molecule has 1 aromatic carbocycles. The fourth-order valence-electron chi connectivity index (χ4n) is 1.35. The molecular weight excluding hydrogens is 222 g/mol. The molecule has 0 saturated carbocycles. The fourth-order valence-corrected chi connectivity index (χ4v) is 1.35. The van der Waals surface area contributed by atoms with Gasteiger partial charge < -0.3 is 19.9 Å². The molecule has 2 N–H and O–H groups in total. The third kappa shape index (κ3) is 3.03. The van der Waals surface area contributed by atoms with Gasteiger partial charge in [-0.2, -0.15) is 0 Å². The van der Waals surface area contributed by atoms with Crippen LogP contribution in [0.3, 0.4) is 0 Å². The number of methoxy groups -OCH3 is 2. The summed E-state index contributed by atoms with van der Waals surface area (Å²) in [6, 6.07) is 3.05. The second-order valence-electron chi connectivity index (χ2n) is 3.75. The van der Waals surface area contributed by atoms with Crippen molar-refractivity contribution in [3.63, 3.8) is 0 Å². The number of rotatable bonds is 4. The highest BCUT2D eigenvalue weighted by atomic mass is 16.5. The number of anilines is 1. The van der Waals surface area contributed by atoms with Crippen LogP contribution in [0.5, 0.6) is 11.5 Å². The van der Waals surface area contributed by atoms with Crippen molar-refractivity contribution in [2.24, 2.45) is 0 Å². The Morgan fingerprint density at radius 2 is 1.71 bits per heavy atom. The van der Waals surface area contributed by atoms with Gasteiger partial charge >= 0.3 is 5.97 Å². The zero-order valence-corrected chi connectivity index (χ0v) is 10.4. The summed E-state index contributed by atoms with van der Waals surface area (Å²) in [6.45, 7) is 3.55. The summed E-state index contributed by atoms with van der Waals surface area (Å²) in [4.78, 5) is 11.7. The second-order valence-corrected chi connectivity index (χ2v) is 3.75. The van der Waals surface area contributed by atoms with Gasteiger partial charge in [0.2, 0.25) is 0 Å². The second kappa shape index (κ2) is 5.43. The maximum atomic E-state index is 11.7. The van der Waals surface area contributed by atoms with Gasteiger partial charge in [0.15, 0.2) is 11.5 Å². The van der Waals surface area contributed by atoms with Gasteiger partial charge in [0.05, 0.1) is 31.6 Å². The molecule has 94 valence electrons. The first kappa shape index (κ1) is 13.2. The molecule has 5 heteroatoms. The molecule has 0 aliphatic carbocycles. The minimum Gasteiger partial charge on any atom is -0.493 e. The summed E-state index contributed by atoms with van der Waals surface area (Å²) in [7, 11) is 3.00. The molecule has 0 unspecified atom stereocenters. The van der Waals surface area contributed by atoms with Crippen molar-refractivity contribution < 1.29 is 19.0 Å². The number of carbonyl (C=O) groups is 1. The minimum absolute atomic E-state index is 0.199. The van der Waals surface area contributed by atoms with E-state index in [2.05, 4.69) is 0 Å². The average molecular weight is 239 g/mol. The van der Waals surface area contributed by atoms with Gasteiger partial charge in [-0.25, -0.2) is 4.79 Å². The smallest absolute Gasteiger partial charge is 0.340 e. The molecule has 0 aromatic heterocycles. The van der Waals surface area contributed by atoms with Crippen LogP contribution >= 0.6 is 0 Å². The molecule has 1 rings (SSSR count). The zero-order chi connectivity index (χ0) is 13.0. The summed E-state index contributed by atoms with van der Waals surface area (Å²) in [5.41, 5.74) is 6.33. The number of ether oxygens (including phenoxy) is 3. The minimum atomic E-state index is -0.474. The van der Waals surface area contributed by atoms with E-state index in [0.717, 1.165) is 0 Å². The van der Waals surface area contributed by atoms with Crippen LogP contribution in [0, 0.1) is 0 Å². The van der Waals surface area contributed by atoms with Crippen LogP contribution in [0.2, 0.25) is 0 Å². The van der Waals surface area contributed by atoms with Gasteiger partial charge in [0, 0.05) is 12.1 Å². The first-order valence-corrected chi connectivity index (χ1v) is 5.22. The molecular formula is C12H17NO4. The molecule has 0 spiro atoms. The van der Waals surface area contributed by atoms with Crippen molar-refractivity contribution in [1.82, 2.24) is 0 Å². The van der Waals surface area contributed by atoms with E-state index in [4.69, 9.17) is 19.9 Å². The molecule has 0 bridgehead atoms. The van der Waals surface area contributed by atoms with E-state index in [1.54, 1.807) is 13.8 Å². The van der Waals surface area contributed by atoms with Gasteiger partial charge in [-0.05, 0) is 13.8 Å². The highest BCUT2D eigenvalue weighted by Gasteiger charge is 2.17. The molecule has 0 aliphatic rings. The van der Waals surface area contributed by atoms with Crippen molar-refractivity contribution in [1.29, 1.82) is 0 Å². The third-order valence-electron chi connectivity index (χ3n) is 2.12. The molecule has 0 atom stereocenters. The van der Waals surface area contributed by atoms with Crippen molar-refractivity contribution in [2.45, 2.75) is 20.0 Å². The highest BCUT2D eigenvalue weighted by Crippen LogP contribution is 2.32. The van der Waals surface area contributed by atoms with Crippen molar-refractivity contribution >= 4 is 11.7 Å². The molecule has 5 nitrogen and oxygen atoms in total. The van der Waals surface area contributed by atoms with Gasteiger partial charge in [-0.3, -0.25) is 0 Å². The van der Waals surface area contributed by atoms with Crippen LogP contribution in [0.15, 0.2) is 12.1 Å². The Hall–Kier alpha value is -1.91. The maximum absolute atomic E-state index is 11.7. The third-order valence-corrected chi connectivity index (χ3v) is 2.12. The normalized spacial score (nSPS) is 10.2. The first-order chi connectivity index (χ1) is 7.99. The number of carbonyl (C=O) groups excluding carboxylic acids is 1. The van der Waals surface area contributed by atoms with Crippen LogP contribution < -0.4 is 15.2 Å². The Balaban J connectivity index is 3.12. The lowest BCUT2D eigenvalue weighted by Crippen LogP contribution is -2.13. The summed E-state index contributed by atoms with van der Waals surface area (Å²) in [5, 5.41) is 0. The quantitative estimate of drug-likeness (QED) is 0.641. The van der Waals surface area contributed by atoms with E-state index >= 15 is 0 Å². The van der Waals surface area contributed by atoms with Crippen molar-refractivity contribution in [3.8, 4) is 11.5 Å². The Morgan fingerprint density at radius 1 is 1.18 bits per heavy atom. The molecule has 0 radical (unpaired) electrons. The average Bonchev–Trinajstić information content (AvgIpc) is 2.27. The number of nitrogens with two attached hydrogens (primary N) is 1. The van der Waals surface area contributed by atoms with E-state index < -0.39 is 5.97 Å². The summed E-state index contributed by atoms with van der Waals surface area (Å²) in [5.74, 6) is 0.446. The maximum Gasteiger partial charge on any atom is 0.340 e. The standard InChI is InChI=1S/C12H17NO4/c1-7(2)17-12(14)8-5-10(15-3)11(16-4)6-9(8)13/h5-7H,13H2,1-4H3. The number of esters is 1. The van der Waals surface area contributed by atoms with Crippen LogP contribution in [0.25, 0.3) is 0 Å². The van der Waals surface area contributed by atoms with Gasteiger partial charge in [-0.1, -0.05) is 0 Å². The highest BCUT2D eigenvalue weighted by molar-refractivity contribution is 5.96. The number of benzene rings is 1. The number of hydrogen-bond acceptors (Lipinski definition) is 5. The molecule has 0 aliphatic heterocycles. The SMILES string of the molecule is COc1cc(N)c(C(=O)OC(C)C)cc1OC. The van der Waals surface area contributed by atoms with E-state index in [1.807, 2.05) is 0 Å². The Morgan fingerprint density at radius 3 is 2.18 bits per heavy atom. The molecule has 0 fully saturated rings. The molecule has 0 heterocycles. The monoisotopic (exact) mass is 239 g/mol. The van der Waals surface area contributed by atoms with Gasteiger partial charge in [-0.15, -0.1) is 0 Å². The van der Waals surface area contributed by atoms with E-state index in [1.165, 1.54) is 26.4 Å². The zero-order valence-electron chi connectivity index (χ0n) is 10.4. The predicted molar refractivity (Wildman–Crippen MR) is 64.5 cm³/mol. The van der Waals surface area contributed by atoms with Gasteiger partial charge in [0.25, 0.3) is 0 Å². The van der Waals surface area contributed by atoms with Crippen molar-refractivity contribution in [3.05, 3.63) is 17.7 Å². The lowest BCUT2D eigenvalue weighted by Gasteiger charge is -2.13. The topological polar surface area (TPSA) is 70.8 Å². The van der Waals surface area contributed by atoms with Crippen molar-refractivity contribution in [2.75, 3.05) is 20.0 Å². The summed E-state index contributed by atoms with van der Waals surface area (Å²) >= 11 is 0. The molecule has 17 heavy (non-hydrogen) atoms. The molecule has 0 amide bonds. The summed E-state index contributed by atoms with van der Waals surface area (Å²) in [6.07, 6.45) is -0.199. The van der Waals surface area contributed by atoms with Crippen LogP contribution in [-0.4, -0.2) is 26.3 Å². The Kier molecular flexibility index (Phi) is 4.20. The predicted octanol–water partition coefficient (Wildman–Crippen LogP) is 1.85. The Labute approximate surface area is 100 Å². The van der Waals surface area contributed by atoms with E-state index in [0.29, 0.717) is 17.2 Å². The summed E-state index contributed by atoms with van der Waals surface area (Å²) < 4.78 is 15.2. The molecule has 0 saturated heterocycles. The first-order valence-electron chi connectivity index (χ1n) is 5.22. The Bertz CT molecular complexity index is 415. The fraction of sp³-hybridized carbons (Fsp3) is 0.417. The van der Waals surface area contributed by atoms with E-state index in [9.17, 15) is 4.79 Å².